The van der Waals surface area contributed by atoms with Crippen LogP contribution in [0.3, 0.4) is 0 Å². The first-order valence-corrected chi connectivity index (χ1v) is 5.03. The van der Waals surface area contributed by atoms with E-state index in [9.17, 15) is 0 Å². The zero-order valence-corrected chi connectivity index (χ0v) is 9.32. The third kappa shape index (κ3) is 2.31. The maximum atomic E-state index is 5.49. The zero-order chi connectivity index (χ0) is 11.5. The van der Waals surface area contributed by atoms with Crippen molar-refractivity contribution in [1.82, 2.24) is 9.97 Å². The minimum Gasteiger partial charge on any atom is -0.444 e. The molecule has 5 nitrogen and oxygen atoms in total. The molecule has 0 fully saturated rings. The Morgan fingerprint density at radius 3 is 2.75 bits per heavy atom. The Morgan fingerprint density at radius 1 is 1.38 bits per heavy atom. The van der Waals surface area contributed by atoms with Gasteiger partial charge in [0.1, 0.15) is 11.6 Å². The van der Waals surface area contributed by atoms with Crippen molar-refractivity contribution in [2.75, 3.05) is 11.1 Å². The van der Waals surface area contributed by atoms with E-state index >= 15 is 0 Å². The highest BCUT2D eigenvalue weighted by atomic mass is 16.4. The van der Waals surface area contributed by atoms with E-state index in [-0.39, 0.29) is 0 Å². The van der Waals surface area contributed by atoms with Crippen LogP contribution in [0.25, 0.3) is 0 Å². The Balaban J connectivity index is 1.99. The maximum absolute atomic E-state index is 5.49. The van der Waals surface area contributed by atoms with Crippen LogP contribution in [-0.4, -0.2) is 9.97 Å². The molecular weight excluding hydrogens is 204 g/mol. The summed E-state index contributed by atoms with van der Waals surface area (Å²) in [5.41, 5.74) is 7.30. The highest BCUT2D eigenvalue weighted by molar-refractivity contribution is 5.45. The molecule has 2 heterocycles. The number of nitrogens with one attached hydrogen (secondary N) is 1. The van der Waals surface area contributed by atoms with Gasteiger partial charge in [-0.05, 0) is 26.0 Å². The van der Waals surface area contributed by atoms with E-state index in [4.69, 9.17) is 10.2 Å². The van der Waals surface area contributed by atoms with Crippen molar-refractivity contribution in [2.24, 2.45) is 0 Å². The normalized spacial score (nSPS) is 10.4. The van der Waals surface area contributed by atoms with Crippen LogP contribution < -0.4 is 11.1 Å². The van der Waals surface area contributed by atoms with Crippen molar-refractivity contribution in [3.05, 3.63) is 35.7 Å². The molecule has 0 atom stereocenters. The predicted octanol–water partition coefficient (Wildman–Crippen LogP) is 1.88. The number of oxazole rings is 1. The van der Waals surface area contributed by atoms with Crippen LogP contribution in [0.4, 0.5) is 11.5 Å². The molecule has 0 aliphatic rings. The Morgan fingerprint density at radius 2 is 2.19 bits per heavy atom. The van der Waals surface area contributed by atoms with Gasteiger partial charge in [-0.25, -0.2) is 9.97 Å². The summed E-state index contributed by atoms with van der Waals surface area (Å²) >= 11 is 0. The van der Waals surface area contributed by atoms with Crippen LogP contribution in [-0.2, 0) is 6.54 Å². The lowest BCUT2D eigenvalue weighted by molar-refractivity contribution is 0.478. The number of aryl methyl sites for hydroxylation is 2. The lowest BCUT2D eigenvalue weighted by Gasteiger charge is -2.02. The van der Waals surface area contributed by atoms with Crippen molar-refractivity contribution in [3.8, 4) is 0 Å². The number of anilines is 2. The summed E-state index contributed by atoms with van der Waals surface area (Å²) in [4.78, 5) is 8.25. The van der Waals surface area contributed by atoms with Gasteiger partial charge in [0.2, 0.25) is 5.89 Å². The molecule has 0 saturated carbocycles. The van der Waals surface area contributed by atoms with Gasteiger partial charge in [0.05, 0.1) is 24.1 Å². The molecule has 84 valence electrons. The van der Waals surface area contributed by atoms with E-state index in [1.165, 1.54) is 0 Å². The summed E-state index contributed by atoms with van der Waals surface area (Å²) in [6.07, 6.45) is 1.68. The van der Waals surface area contributed by atoms with Crippen molar-refractivity contribution in [3.63, 3.8) is 0 Å². The highest BCUT2D eigenvalue weighted by Crippen LogP contribution is 2.11. The number of rotatable bonds is 3. The van der Waals surface area contributed by atoms with E-state index < -0.39 is 0 Å². The topological polar surface area (TPSA) is 77.0 Å². The summed E-state index contributed by atoms with van der Waals surface area (Å²) in [6, 6.07) is 3.61. The van der Waals surface area contributed by atoms with Gasteiger partial charge < -0.3 is 15.5 Å². The van der Waals surface area contributed by atoms with E-state index in [0.29, 0.717) is 18.3 Å². The van der Waals surface area contributed by atoms with E-state index in [2.05, 4.69) is 15.3 Å². The number of nitrogens with two attached hydrogens (primary N) is 1. The fourth-order valence-corrected chi connectivity index (χ4v) is 1.30. The maximum Gasteiger partial charge on any atom is 0.213 e. The SMILES string of the molecule is Cc1nc(CNc2ccc(N)nc2)oc1C. The second kappa shape index (κ2) is 4.22. The number of nitrogen functional groups attached to an aromatic ring is 1. The van der Waals surface area contributed by atoms with E-state index in [0.717, 1.165) is 17.1 Å². The highest BCUT2D eigenvalue weighted by Gasteiger charge is 2.04. The first kappa shape index (κ1) is 10.5. The van der Waals surface area contributed by atoms with Gasteiger partial charge in [-0.2, -0.15) is 0 Å². The number of nitrogens with zero attached hydrogens (tertiary/aromatic N) is 2. The predicted molar refractivity (Wildman–Crippen MR) is 62.0 cm³/mol. The van der Waals surface area contributed by atoms with E-state index in [1.54, 1.807) is 12.3 Å². The summed E-state index contributed by atoms with van der Waals surface area (Å²) in [5, 5.41) is 3.15. The first-order chi connectivity index (χ1) is 7.65. The smallest absolute Gasteiger partial charge is 0.213 e. The van der Waals surface area contributed by atoms with Crippen LogP contribution in [0.5, 0.6) is 0 Å². The van der Waals surface area contributed by atoms with Gasteiger partial charge in [0, 0.05) is 0 Å². The van der Waals surface area contributed by atoms with Gasteiger partial charge >= 0.3 is 0 Å². The minimum absolute atomic E-state index is 0.508. The molecule has 0 bridgehead atoms. The fourth-order valence-electron chi connectivity index (χ4n) is 1.30. The van der Waals surface area contributed by atoms with Gasteiger partial charge in [0.15, 0.2) is 0 Å². The lowest BCUT2D eigenvalue weighted by atomic mass is 10.4. The van der Waals surface area contributed by atoms with Crippen molar-refractivity contribution in [2.45, 2.75) is 20.4 Å². The Labute approximate surface area is 93.7 Å². The number of hydrogen-bond acceptors (Lipinski definition) is 5. The standard InChI is InChI=1S/C11H14N4O/c1-7-8(2)16-11(15-7)6-13-9-3-4-10(12)14-5-9/h3-5,13H,6H2,1-2H3,(H2,12,14). The molecule has 0 aliphatic heterocycles. The lowest BCUT2D eigenvalue weighted by Crippen LogP contribution is -2.00. The van der Waals surface area contributed by atoms with Crippen LogP contribution in [0.15, 0.2) is 22.7 Å². The molecule has 0 spiro atoms. The molecule has 16 heavy (non-hydrogen) atoms. The molecule has 0 saturated heterocycles. The molecule has 0 unspecified atom stereocenters. The molecule has 0 radical (unpaired) electrons. The zero-order valence-electron chi connectivity index (χ0n) is 9.32. The van der Waals surface area contributed by atoms with Crippen LogP contribution >= 0.6 is 0 Å². The summed E-state index contributed by atoms with van der Waals surface area (Å²) < 4.78 is 5.44. The second-order valence-corrected chi connectivity index (χ2v) is 3.57. The number of pyridine rings is 1. The molecule has 0 amide bonds. The third-order valence-electron chi connectivity index (χ3n) is 2.30. The van der Waals surface area contributed by atoms with Gasteiger partial charge in [-0.1, -0.05) is 0 Å². The number of hydrogen-bond donors (Lipinski definition) is 2. The monoisotopic (exact) mass is 218 g/mol. The Bertz CT molecular complexity index is 456. The molecule has 3 N–H and O–H groups in total. The van der Waals surface area contributed by atoms with Crippen molar-refractivity contribution < 1.29 is 4.42 Å². The molecule has 0 aliphatic carbocycles. The molecule has 0 aromatic carbocycles. The molecule has 2 aromatic heterocycles. The first-order valence-electron chi connectivity index (χ1n) is 5.03. The minimum atomic E-state index is 0.508. The Hall–Kier alpha value is -2.04. The largest absolute Gasteiger partial charge is 0.444 e. The molecule has 2 rings (SSSR count). The van der Waals surface area contributed by atoms with Crippen molar-refractivity contribution >= 4 is 11.5 Å². The van der Waals surface area contributed by atoms with Gasteiger partial charge in [0.25, 0.3) is 0 Å². The average Bonchev–Trinajstić information content (AvgIpc) is 2.58. The quantitative estimate of drug-likeness (QED) is 0.822. The summed E-state index contributed by atoms with van der Waals surface area (Å²) in [7, 11) is 0. The van der Waals surface area contributed by atoms with Gasteiger partial charge in [-0.15, -0.1) is 0 Å². The molecule has 2 aromatic rings. The van der Waals surface area contributed by atoms with Crippen molar-refractivity contribution in [1.29, 1.82) is 0 Å². The summed E-state index contributed by atoms with van der Waals surface area (Å²) in [6.45, 7) is 4.37. The summed E-state index contributed by atoms with van der Waals surface area (Å²) in [5.74, 6) is 2.03. The Kier molecular flexibility index (Phi) is 2.76. The fraction of sp³-hybridized carbons (Fsp3) is 0.273. The van der Waals surface area contributed by atoms with Gasteiger partial charge in [-0.3, -0.25) is 0 Å². The van der Waals surface area contributed by atoms with Crippen LogP contribution in [0.2, 0.25) is 0 Å². The molecule has 5 heteroatoms. The van der Waals surface area contributed by atoms with Crippen LogP contribution in [0, 0.1) is 13.8 Å². The second-order valence-electron chi connectivity index (χ2n) is 3.57. The average molecular weight is 218 g/mol. The third-order valence-corrected chi connectivity index (χ3v) is 2.30. The number of aromatic nitrogens is 2. The van der Waals surface area contributed by atoms with Crippen LogP contribution in [0.1, 0.15) is 17.3 Å². The van der Waals surface area contributed by atoms with E-state index in [1.807, 2.05) is 19.9 Å². The molecular formula is C11H14N4O.